The molecule has 0 saturated carbocycles. The lowest BCUT2D eigenvalue weighted by Crippen LogP contribution is -2.29. The highest BCUT2D eigenvalue weighted by atomic mass is 32.1. The summed E-state index contributed by atoms with van der Waals surface area (Å²) >= 11 is 1.91. The molecule has 1 N–H and O–H groups in total. The van der Waals surface area contributed by atoms with E-state index in [1.54, 1.807) is 0 Å². The predicted molar refractivity (Wildman–Crippen MR) is 93.2 cm³/mol. The molecule has 3 rings (SSSR count). The first kappa shape index (κ1) is 16.4. The van der Waals surface area contributed by atoms with Gasteiger partial charge >= 0.3 is 0 Å². The monoisotopic (exact) mass is 322 g/mol. The minimum Gasteiger partial charge on any atom is -0.390 e. The summed E-state index contributed by atoms with van der Waals surface area (Å²) in [5, 5.41) is 12.5. The number of thiophene rings is 1. The molecule has 0 aromatic carbocycles. The molecule has 3 nitrogen and oxygen atoms in total. The van der Waals surface area contributed by atoms with E-state index in [0.717, 1.165) is 45.4 Å². The number of nitrogens with zero attached hydrogens (tertiary/aromatic N) is 2. The minimum absolute atomic E-state index is 0.455. The van der Waals surface area contributed by atoms with Crippen LogP contribution in [0.2, 0.25) is 0 Å². The maximum absolute atomic E-state index is 10.2. The van der Waals surface area contributed by atoms with Gasteiger partial charge in [0, 0.05) is 24.5 Å². The van der Waals surface area contributed by atoms with Crippen molar-refractivity contribution in [3.63, 3.8) is 0 Å². The summed E-state index contributed by atoms with van der Waals surface area (Å²) in [6.07, 6.45) is 7.09. The van der Waals surface area contributed by atoms with Gasteiger partial charge in [0.05, 0.1) is 5.60 Å². The van der Waals surface area contributed by atoms with Crippen molar-refractivity contribution in [1.29, 1.82) is 0 Å². The first-order valence-electron chi connectivity index (χ1n) is 8.84. The van der Waals surface area contributed by atoms with Crippen LogP contribution in [0.5, 0.6) is 0 Å². The zero-order valence-corrected chi connectivity index (χ0v) is 14.7. The standard InChI is InChI=1S/C18H30N2OS/c1-18(21)6-5-10-20(11-7-18)14-17-12-16(15-22-17)13-19-8-3-2-4-9-19/h12,15,21H,2-11,13-14H2,1H3/t18-/m0/s1. The number of piperidine rings is 1. The fourth-order valence-corrected chi connectivity index (χ4v) is 4.59. The van der Waals surface area contributed by atoms with Crippen molar-refractivity contribution < 1.29 is 5.11 Å². The Kier molecular flexibility index (Phi) is 5.55. The van der Waals surface area contributed by atoms with Gasteiger partial charge in [-0.3, -0.25) is 9.80 Å². The average molecular weight is 323 g/mol. The van der Waals surface area contributed by atoms with Crippen LogP contribution in [0, 0.1) is 0 Å². The molecule has 0 spiro atoms. The van der Waals surface area contributed by atoms with Crippen LogP contribution in [0.4, 0.5) is 0 Å². The van der Waals surface area contributed by atoms with Crippen LogP contribution in [-0.2, 0) is 13.1 Å². The molecule has 0 unspecified atom stereocenters. The second-order valence-corrected chi connectivity index (χ2v) is 8.38. The largest absolute Gasteiger partial charge is 0.390 e. The summed E-state index contributed by atoms with van der Waals surface area (Å²) < 4.78 is 0. The Bertz CT molecular complexity index is 465. The summed E-state index contributed by atoms with van der Waals surface area (Å²) in [7, 11) is 0. The van der Waals surface area contributed by atoms with Gasteiger partial charge < -0.3 is 5.11 Å². The summed E-state index contributed by atoms with van der Waals surface area (Å²) in [6.45, 7) is 8.85. The average Bonchev–Trinajstić information content (AvgIpc) is 2.85. The molecule has 0 radical (unpaired) electrons. The van der Waals surface area contributed by atoms with Gasteiger partial charge in [-0.25, -0.2) is 0 Å². The van der Waals surface area contributed by atoms with E-state index in [1.165, 1.54) is 42.8 Å². The highest BCUT2D eigenvalue weighted by Gasteiger charge is 2.25. The first-order chi connectivity index (χ1) is 10.6. The lowest BCUT2D eigenvalue weighted by Gasteiger charge is -2.25. The van der Waals surface area contributed by atoms with E-state index in [1.807, 2.05) is 18.3 Å². The molecule has 2 saturated heterocycles. The van der Waals surface area contributed by atoms with E-state index in [2.05, 4.69) is 21.2 Å². The van der Waals surface area contributed by atoms with Crippen LogP contribution in [0.15, 0.2) is 11.4 Å². The Labute approximate surface area is 138 Å². The molecule has 1 atom stereocenters. The molecule has 2 fully saturated rings. The molecule has 1 aromatic rings. The fraction of sp³-hybridized carbons (Fsp3) is 0.778. The van der Waals surface area contributed by atoms with Crippen LogP contribution in [-0.4, -0.2) is 46.7 Å². The van der Waals surface area contributed by atoms with Gasteiger partial charge in [-0.2, -0.15) is 0 Å². The van der Waals surface area contributed by atoms with E-state index in [4.69, 9.17) is 0 Å². The van der Waals surface area contributed by atoms with Crippen LogP contribution in [0.1, 0.15) is 55.9 Å². The van der Waals surface area contributed by atoms with Gasteiger partial charge in [0.1, 0.15) is 0 Å². The van der Waals surface area contributed by atoms with E-state index < -0.39 is 5.60 Å². The summed E-state index contributed by atoms with van der Waals surface area (Å²) in [5.74, 6) is 0. The van der Waals surface area contributed by atoms with Gasteiger partial charge in [0.15, 0.2) is 0 Å². The van der Waals surface area contributed by atoms with Crippen LogP contribution < -0.4 is 0 Å². The topological polar surface area (TPSA) is 26.7 Å². The van der Waals surface area contributed by atoms with Crippen LogP contribution >= 0.6 is 11.3 Å². The lowest BCUT2D eigenvalue weighted by atomic mass is 9.98. The molecule has 3 heterocycles. The van der Waals surface area contributed by atoms with Crippen molar-refractivity contribution in [3.8, 4) is 0 Å². The Hall–Kier alpha value is -0.420. The van der Waals surface area contributed by atoms with Crippen molar-refractivity contribution >= 4 is 11.3 Å². The van der Waals surface area contributed by atoms with Gasteiger partial charge in [-0.15, -0.1) is 11.3 Å². The second kappa shape index (κ2) is 7.43. The molecule has 1 aromatic heterocycles. The molecular formula is C18H30N2OS. The lowest BCUT2D eigenvalue weighted by molar-refractivity contribution is 0.0444. The van der Waals surface area contributed by atoms with Crippen LogP contribution in [0.3, 0.4) is 0 Å². The zero-order chi connectivity index (χ0) is 15.4. The van der Waals surface area contributed by atoms with Crippen molar-refractivity contribution in [2.75, 3.05) is 26.2 Å². The Balaban J connectivity index is 1.50. The molecule has 22 heavy (non-hydrogen) atoms. The first-order valence-corrected chi connectivity index (χ1v) is 9.72. The molecule has 2 aliphatic heterocycles. The number of hydrogen-bond donors (Lipinski definition) is 1. The van der Waals surface area contributed by atoms with E-state index >= 15 is 0 Å². The second-order valence-electron chi connectivity index (χ2n) is 7.38. The van der Waals surface area contributed by atoms with E-state index in [9.17, 15) is 5.11 Å². The van der Waals surface area contributed by atoms with Crippen LogP contribution in [0.25, 0.3) is 0 Å². The molecule has 0 amide bonds. The van der Waals surface area contributed by atoms with E-state index in [-0.39, 0.29) is 0 Å². The van der Waals surface area contributed by atoms with Crippen molar-refractivity contribution in [2.24, 2.45) is 0 Å². The Morgan fingerprint density at radius 1 is 1.00 bits per heavy atom. The Morgan fingerprint density at radius 3 is 2.55 bits per heavy atom. The third kappa shape index (κ3) is 4.79. The maximum atomic E-state index is 10.2. The quantitative estimate of drug-likeness (QED) is 0.919. The van der Waals surface area contributed by atoms with Crippen molar-refractivity contribution in [2.45, 2.75) is 64.1 Å². The van der Waals surface area contributed by atoms with Gasteiger partial charge in [0.25, 0.3) is 0 Å². The zero-order valence-electron chi connectivity index (χ0n) is 13.9. The number of hydrogen-bond acceptors (Lipinski definition) is 4. The molecule has 0 bridgehead atoms. The third-order valence-electron chi connectivity index (χ3n) is 5.10. The highest BCUT2D eigenvalue weighted by Crippen LogP contribution is 2.24. The minimum atomic E-state index is -0.455. The smallest absolute Gasteiger partial charge is 0.0632 e. The maximum Gasteiger partial charge on any atom is 0.0632 e. The number of aliphatic hydroxyl groups is 1. The third-order valence-corrected chi connectivity index (χ3v) is 6.07. The summed E-state index contributed by atoms with van der Waals surface area (Å²) in [5.41, 5.74) is 1.03. The molecule has 124 valence electrons. The van der Waals surface area contributed by atoms with Crippen molar-refractivity contribution in [1.82, 2.24) is 9.80 Å². The fourth-order valence-electron chi connectivity index (χ4n) is 3.67. The number of rotatable bonds is 4. The van der Waals surface area contributed by atoms with E-state index in [0.29, 0.717) is 0 Å². The summed E-state index contributed by atoms with van der Waals surface area (Å²) in [6, 6.07) is 2.41. The molecule has 0 aliphatic carbocycles. The predicted octanol–water partition coefficient (Wildman–Crippen LogP) is 3.47. The normalized spacial score (nSPS) is 28.6. The molecule has 4 heteroatoms. The number of likely N-dealkylation sites (tertiary alicyclic amines) is 2. The molecular weight excluding hydrogens is 292 g/mol. The highest BCUT2D eigenvalue weighted by molar-refractivity contribution is 7.10. The SMILES string of the molecule is C[C@]1(O)CCCN(Cc2cc(CN3CCCCC3)cs2)CC1. The van der Waals surface area contributed by atoms with Gasteiger partial charge in [-0.05, 0) is 75.7 Å². The Morgan fingerprint density at radius 2 is 1.73 bits per heavy atom. The summed E-state index contributed by atoms with van der Waals surface area (Å²) in [4.78, 5) is 6.59. The molecule has 2 aliphatic rings. The van der Waals surface area contributed by atoms with Crippen molar-refractivity contribution in [3.05, 3.63) is 21.9 Å². The van der Waals surface area contributed by atoms with Gasteiger partial charge in [-0.1, -0.05) is 6.42 Å². The van der Waals surface area contributed by atoms with Gasteiger partial charge in [0.2, 0.25) is 0 Å².